The summed E-state index contributed by atoms with van der Waals surface area (Å²) in [5, 5.41) is 12.4. The monoisotopic (exact) mass is 408 g/mol. The van der Waals surface area contributed by atoms with Crippen molar-refractivity contribution in [1.82, 2.24) is 20.1 Å². The minimum absolute atomic E-state index is 0.00138. The summed E-state index contributed by atoms with van der Waals surface area (Å²) in [6.45, 7) is 8.33. The first-order valence-electron chi connectivity index (χ1n) is 9.91. The number of para-hydroxylation sites is 1. The smallest absolute Gasteiger partial charge is 0.230 e. The highest BCUT2D eigenvalue weighted by Crippen LogP contribution is 2.25. The molecular formula is C23H28N4OS. The predicted molar refractivity (Wildman–Crippen MR) is 118 cm³/mol. The normalized spacial score (nSPS) is 12.2. The summed E-state index contributed by atoms with van der Waals surface area (Å²) in [4.78, 5) is 12.7. The second-order valence-electron chi connectivity index (χ2n) is 7.60. The van der Waals surface area contributed by atoms with E-state index in [9.17, 15) is 4.79 Å². The van der Waals surface area contributed by atoms with Gasteiger partial charge in [-0.2, -0.15) is 0 Å². The summed E-state index contributed by atoms with van der Waals surface area (Å²) >= 11 is 1.41. The topological polar surface area (TPSA) is 59.8 Å². The molecule has 1 unspecified atom stereocenters. The molecule has 29 heavy (non-hydrogen) atoms. The van der Waals surface area contributed by atoms with Gasteiger partial charge in [0.1, 0.15) is 5.82 Å². The number of hydrogen-bond acceptors (Lipinski definition) is 4. The maximum atomic E-state index is 12.7. The molecule has 3 aromatic rings. The van der Waals surface area contributed by atoms with E-state index >= 15 is 0 Å². The van der Waals surface area contributed by atoms with Gasteiger partial charge in [0.15, 0.2) is 5.16 Å². The molecule has 0 radical (unpaired) electrons. The van der Waals surface area contributed by atoms with Crippen LogP contribution in [0.5, 0.6) is 0 Å². The van der Waals surface area contributed by atoms with Crippen LogP contribution in [0.4, 0.5) is 0 Å². The lowest BCUT2D eigenvalue weighted by molar-refractivity contribution is -0.119. The van der Waals surface area contributed by atoms with Crippen LogP contribution in [0.3, 0.4) is 0 Å². The van der Waals surface area contributed by atoms with Gasteiger partial charge >= 0.3 is 0 Å². The van der Waals surface area contributed by atoms with Crippen LogP contribution in [0.25, 0.3) is 5.69 Å². The summed E-state index contributed by atoms with van der Waals surface area (Å²) in [6, 6.07) is 18.3. The summed E-state index contributed by atoms with van der Waals surface area (Å²) in [5.41, 5.74) is 3.32. The Bertz CT molecular complexity index is 953. The first-order chi connectivity index (χ1) is 14.0. The Hall–Kier alpha value is -2.60. The van der Waals surface area contributed by atoms with Crippen molar-refractivity contribution >= 4 is 17.7 Å². The average molecular weight is 409 g/mol. The van der Waals surface area contributed by atoms with E-state index in [1.54, 1.807) is 0 Å². The zero-order valence-corrected chi connectivity index (χ0v) is 18.2. The highest BCUT2D eigenvalue weighted by molar-refractivity contribution is 7.99. The Morgan fingerprint density at radius 3 is 2.41 bits per heavy atom. The van der Waals surface area contributed by atoms with Crippen LogP contribution in [-0.2, 0) is 4.79 Å². The van der Waals surface area contributed by atoms with Crippen molar-refractivity contribution in [1.29, 1.82) is 0 Å². The lowest BCUT2D eigenvalue weighted by Crippen LogP contribution is -2.31. The van der Waals surface area contributed by atoms with Gasteiger partial charge in [-0.25, -0.2) is 0 Å². The molecular weight excluding hydrogens is 380 g/mol. The van der Waals surface area contributed by atoms with Crippen molar-refractivity contribution in [2.24, 2.45) is 5.92 Å². The van der Waals surface area contributed by atoms with Crippen molar-refractivity contribution in [3.05, 3.63) is 71.5 Å². The molecule has 3 rings (SSSR count). The molecule has 5 nitrogen and oxygen atoms in total. The fourth-order valence-electron chi connectivity index (χ4n) is 3.33. The molecule has 152 valence electrons. The van der Waals surface area contributed by atoms with E-state index in [-0.39, 0.29) is 11.9 Å². The Labute approximate surface area is 176 Å². The third kappa shape index (κ3) is 5.48. The van der Waals surface area contributed by atoms with Gasteiger partial charge in [-0.15, -0.1) is 10.2 Å². The lowest BCUT2D eigenvalue weighted by Gasteiger charge is -2.21. The van der Waals surface area contributed by atoms with E-state index in [0.29, 0.717) is 11.7 Å². The zero-order valence-electron chi connectivity index (χ0n) is 17.4. The van der Waals surface area contributed by atoms with Crippen LogP contribution in [0.1, 0.15) is 43.3 Å². The van der Waals surface area contributed by atoms with E-state index < -0.39 is 0 Å². The van der Waals surface area contributed by atoms with Crippen molar-refractivity contribution in [2.45, 2.75) is 45.3 Å². The number of aryl methyl sites for hydroxylation is 2. The molecule has 1 amide bonds. The highest BCUT2D eigenvalue weighted by atomic mass is 32.2. The van der Waals surface area contributed by atoms with Crippen molar-refractivity contribution < 1.29 is 4.79 Å². The van der Waals surface area contributed by atoms with Gasteiger partial charge in [-0.1, -0.05) is 74.1 Å². The van der Waals surface area contributed by atoms with Crippen LogP contribution in [-0.4, -0.2) is 26.4 Å². The minimum atomic E-state index is 0.00138. The maximum Gasteiger partial charge on any atom is 0.230 e. The molecule has 0 saturated heterocycles. The number of hydrogen-bond donors (Lipinski definition) is 1. The van der Waals surface area contributed by atoms with E-state index in [4.69, 9.17) is 0 Å². The van der Waals surface area contributed by atoms with Crippen LogP contribution in [0, 0.1) is 19.8 Å². The number of thioether (sulfide) groups is 1. The number of aromatic nitrogens is 3. The molecule has 0 fully saturated rings. The van der Waals surface area contributed by atoms with Gasteiger partial charge in [0.2, 0.25) is 5.91 Å². The van der Waals surface area contributed by atoms with Crippen molar-refractivity contribution in [2.75, 3.05) is 5.75 Å². The third-order valence-electron chi connectivity index (χ3n) is 4.73. The molecule has 2 aromatic carbocycles. The molecule has 6 heteroatoms. The second kappa shape index (κ2) is 9.74. The number of amides is 1. The molecule has 0 aliphatic heterocycles. The van der Waals surface area contributed by atoms with E-state index in [1.165, 1.54) is 11.8 Å². The first kappa shape index (κ1) is 21.1. The maximum absolute atomic E-state index is 12.7. The molecule has 0 aliphatic rings. The van der Waals surface area contributed by atoms with Crippen molar-refractivity contribution in [3.63, 3.8) is 0 Å². The standard InChI is InChI=1S/C23H28N4OS/c1-16(2)14-20(19-11-6-5-7-12-19)24-22(28)15-29-23-26-25-18(4)27(23)21-13-9-8-10-17(21)3/h5-13,16,20H,14-15H2,1-4H3,(H,24,28). The summed E-state index contributed by atoms with van der Waals surface area (Å²) < 4.78 is 2.01. The fraction of sp³-hybridized carbons (Fsp3) is 0.348. The average Bonchev–Trinajstić information content (AvgIpc) is 3.07. The number of rotatable bonds is 8. The SMILES string of the molecule is Cc1ccccc1-n1c(C)nnc1SCC(=O)NC(CC(C)C)c1ccccc1. The molecule has 0 aliphatic carbocycles. The molecule has 1 heterocycles. The quantitative estimate of drug-likeness (QED) is 0.540. The van der Waals surface area contributed by atoms with Crippen molar-refractivity contribution in [3.8, 4) is 5.69 Å². The predicted octanol–water partition coefficient (Wildman–Crippen LogP) is 4.88. The third-order valence-corrected chi connectivity index (χ3v) is 5.66. The van der Waals surface area contributed by atoms with Gasteiger partial charge < -0.3 is 5.32 Å². The van der Waals surface area contributed by atoms with Gasteiger partial charge in [0.05, 0.1) is 17.5 Å². The summed E-state index contributed by atoms with van der Waals surface area (Å²) in [5.74, 6) is 1.59. The van der Waals surface area contributed by atoms with Gasteiger partial charge in [0, 0.05) is 0 Å². The molecule has 1 atom stereocenters. The minimum Gasteiger partial charge on any atom is -0.349 e. The van der Waals surface area contributed by atoms with Gasteiger partial charge in [-0.3, -0.25) is 9.36 Å². The van der Waals surface area contributed by atoms with Gasteiger partial charge in [0.25, 0.3) is 0 Å². The Kier molecular flexibility index (Phi) is 7.09. The number of benzene rings is 2. The van der Waals surface area contributed by atoms with E-state index in [0.717, 1.165) is 34.2 Å². The van der Waals surface area contributed by atoms with Crippen LogP contribution in [0.2, 0.25) is 0 Å². The summed E-state index contributed by atoms with van der Waals surface area (Å²) in [6.07, 6.45) is 0.902. The lowest BCUT2D eigenvalue weighted by atomic mass is 9.97. The van der Waals surface area contributed by atoms with Crippen LogP contribution in [0.15, 0.2) is 59.8 Å². The number of carbonyl (C=O) groups excluding carboxylic acids is 1. The first-order valence-corrected chi connectivity index (χ1v) is 10.9. The number of nitrogens with zero attached hydrogens (tertiary/aromatic N) is 3. The molecule has 1 aromatic heterocycles. The Morgan fingerprint density at radius 2 is 1.72 bits per heavy atom. The summed E-state index contributed by atoms with van der Waals surface area (Å²) in [7, 11) is 0. The van der Waals surface area contributed by atoms with Crippen LogP contribution < -0.4 is 5.32 Å². The molecule has 0 bridgehead atoms. The zero-order chi connectivity index (χ0) is 20.8. The van der Waals surface area contributed by atoms with E-state index in [2.05, 4.69) is 54.5 Å². The molecule has 1 N–H and O–H groups in total. The number of nitrogens with one attached hydrogen (secondary N) is 1. The Morgan fingerprint density at radius 1 is 1.03 bits per heavy atom. The molecule has 0 saturated carbocycles. The molecule has 0 spiro atoms. The largest absolute Gasteiger partial charge is 0.349 e. The van der Waals surface area contributed by atoms with E-state index in [1.807, 2.05) is 47.9 Å². The fourth-order valence-corrected chi connectivity index (χ4v) is 4.13. The van der Waals surface area contributed by atoms with Crippen LogP contribution >= 0.6 is 11.8 Å². The van der Waals surface area contributed by atoms with Gasteiger partial charge in [-0.05, 0) is 43.4 Å². The second-order valence-corrected chi connectivity index (χ2v) is 8.54. The number of carbonyl (C=O) groups is 1. The highest BCUT2D eigenvalue weighted by Gasteiger charge is 2.18. The Balaban J connectivity index is 1.70.